The third-order valence-corrected chi connectivity index (χ3v) is 5.03. The SMILES string of the molecule is N#Cc1ccc2c(c1)c(N=O)c1[nH]c3c(Nc4ccc(F)cc4)cccc3c(=O)n12. The molecule has 5 aromatic rings. The molecule has 0 aliphatic heterocycles. The fraction of sp³-hybridized carbons (Fsp3) is 0. The van der Waals surface area contributed by atoms with Crippen molar-refractivity contribution in [3.8, 4) is 6.07 Å². The molecule has 5 rings (SSSR count). The summed E-state index contributed by atoms with van der Waals surface area (Å²) in [6, 6.07) is 17.8. The molecular weight excluding hydrogens is 385 g/mol. The fourth-order valence-electron chi connectivity index (χ4n) is 3.66. The van der Waals surface area contributed by atoms with Crippen molar-refractivity contribution >= 4 is 44.5 Å². The van der Waals surface area contributed by atoms with Crippen molar-refractivity contribution in [1.82, 2.24) is 9.38 Å². The largest absolute Gasteiger partial charge is 0.354 e. The van der Waals surface area contributed by atoms with Gasteiger partial charge in [-0.2, -0.15) is 5.26 Å². The number of rotatable bonds is 3. The summed E-state index contributed by atoms with van der Waals surface area (Å²) < 4.78 is 14.6. The Hall–Kier alpha value is -4.51. The standard InChI is InChI=1S/C22H12FN5O2/c23-13-5-7-14(8-6-13)25-17-3-1-2-15-19(17)26-21-20(27-30)16-10-12(11-24)4-9-18(16)28(21)22(15)29/h1-10,25-26H. The van der Waals surface area contributed by atoms with Crippen LogP contribution in [0.4, 0.5) is 21.5 Å². The molecule has 0 radical (unpaired) electrons. The molecule has 2 N–H and O–H groups in total. The predicted molar refractivity (Wildman–Crippen MR) is 113 cm³/mol. The third-order valence-electron chi connectivity index (χ3n) is 5.03. The highest BCUT2D eigenvalue weighted by molar-refractivity contribution is 6.03. The van der Waals surface area contributed by atoms with E-state index in [-0.39, 0.29) is 22.7 Å². The minimum Gasteiger partial charge on any atom is -0.354 e. The maximum atomic E-state index is 13.3. The number of para-hydroxylation sites is 1. The summed E-state index contributed by atoms with van der Waals surface area (Å²) in [5.41, 5.74) is 2.51. The lowest BCUT2D eigenvalue weighted by Crippen LogP contribution is -2.14. The molecule has 3 aromatic carbocycles. The molecule has 0 bridgehead atoms. The molecule has 0 atom stereocenters. The normalized spacial score (nSPS) is 11.1. The maximum absolute atomic E-state index is 13.3. The second kappa shape index (κ2) is 6.53. The molecule has 144 valence electrons. The van der Waals surface area contributed by atoms with E-state index in [4.69, 9.17) is 0 Å². The monoisotopic (exact) mass is 397 g/mol. The second-order valence-electron chi connectivity index (χ2n) is 6.76. The number of aromatic amines is 1. The number of hydrogen-bond acceptors (Lipinski definition) is 5. The van der Waals surface area contributed by atoms with Gasteiger partial charge in [0.05, 0.1) is 33.7 Å². The Morgan fingerprint density at radius 3 is 2.60 bits per heavy atom. The van der Waals surface area contributed by atoms with Crippen LogP contribution >= 0.6 is 0 Å². The Morgan fingerprint density at radius 1 is 1.07 bits per heavy atom. The van der Waals surface area contributed by atoms with Crippen LogP contribution in [0.1, 0.15) is 5.56 Å². The van der Waals surface area contributed by atoms with Crippen LogP contribution in [-0.2, 0) is 0 Å². The number of fused-ring (bicyclic) bond motifs is 4. The van der Waals surface area contributed by atoms with E-state index >= 15 is 0 Å². The highest BCUT2D eigenvalue weighted by atomic mass is 19.1. The number of nitrogens with zero attached hydrogens (tertiary/aromatic N) is 3. The minimum atomic E-state index is -0.355. The molecule has 7 nitrogen and oxygen atoms in total. The molecule has 30 heavy (non-hydrogen) atoms. The molecule has 2 heterocycles. The average Bonchev–Trinajstić information content (AvgIpc) is 3.08. The van der Waals surface area contributed by atoms with Crippen LogP contribution in [0.25, 0.3) is 27.5 Å². The van der Waals surface area contributed by atoms with Gasteiger partial charge in [-0.3, -0.25) is 9.20 Å². The number of benzene rings is 3. The quantitative estimate of drug-likeness (QED) is 0.414. The number of nitriles is 1. The summed E-state index contributed by atoms with van der Waals surface area (Å²) in [4.78, 5) is 28.1. The number of H-pyrrole nitrogens is 1. The molecule has 8 heteroatoms. The Balaban J connectivity index is 1.84. The molecule has 0 saturated carbocycles. The first-order valence-electron chi connectivity index (χ1n) is 9.00. The van der Waals surface area contributed by atoms with Crippen LogP contribution in [0, 0.1) is 22.1 Å². The molecule has 2 aromatic heterocycles. The molecule has 0 aliphatic carbocycles. The molecule has 0 unspecified atom stereocenters. The van der Waals surface area contributed by atoms with E-state index < -0.39 is 0 Å². The van der Waals surface area contributed by atoms with Gasteiger partial charge in [0.15, 0.2) is 5.69 Å². The number of anilines is 2. The molecule has 0 fully saturated rings. The van der Waals surface area contributed by atoms with E-state index in [1.165, 1.54) is 22.6 Å². The summed E-state index contributed by atoms with van der Waals surface area (Å²) in [5, 5.41) is 16.3. The maximum Gasteiger partial charge on any atom is 0.266 e. The molecule has 0 amide bonds. The van der Waals surface area contributed by atoms with Crippen molar-refractivity contribution in [2.24, 2.45) is 5.18 Å². The van der Waals surface area contributed by atoms with Gasteiger partial charge < -0.3 is 10.3 Å². The third kappa shape index (κ3) is 2.53. The van der Waals surface area contributed by atoms with Gasteiger partial charge in [-0.15, -0.1) is 4.91 Å². The van der Waals surface area contributed by atoms with Gasteiger partial charge >= 0.3 is 0 Å². The summed E-state index contributed by atoms with van der Waals surface area (Å²) in [6.45, 7) is 0. The van der Waals surface area contributed by atoms with Gasteiger partial charge in [0.25, 0.3) is 5.56 Å². The minimum absolute atomic E-state index is 0.0534. The van der Waals surface area contributed by atoms with Gasteiger partial charge in [0, 0.05) is 11.1 Å². The zero-order valence-electron chi connectivity index (χ0n) is 15.3. The number of hydrogen-bond donors (Lipinski definition) is 2. The smallest absolute Gasteiger partial charge is 0.266 e. The van der Waals surface area contributed by atoms with E-state index in [0.29, 0.717) is 38.7 Å². The van der Waals surface area contributed by atoms with Crippen LogP contribution in [-0.4, -0.2) is 9.38 Å². The number of nitrogens with one attached hydrogen (secondary N) is 2. The molecule has 0 spiro atoms. The van der Waals surface area contributed by atoms with Crippen LogP contribution in [0.15, 0.2) is 70.6 Å². The molecule has 0 saturated heterocycles. The van der Waals surface area contributed by atoms with Crippen molar-refractivity contribution in [3.63, 3.8) is 0 Å². The Kier molecular flexibility index (Phi) is 3.83. The highest BCUT2D eigenvalue weighted by Crippen LogP contribution is 2.34. The summed E-state index contributed by atoms with van der Waals surface area (Å²) in [5.74, 6) is -0.355. The lowest BCUT2D eigenvalue weighted by atomic mass is 10.1. The van der Waals surface area contributed by atoms with Crippen LogP contribution in [0.2, 0.25) is 0 Å². The van der Waals surface area contributed by atoms with Crippen molar-refractivity contribution in [2.75, 3.05) is 5.32 Å². The number of nitroso groups, excluding NO2 is 1. The fourth-order valence-corrected chi connectivity index (χ4v) is 3.66. The average molecular weight is 397 g/mol. The lowest BCUT2D eigenvalue weighted by Gasteiger charge is -2.10. The van der Waals surface area contributed by atoms with E-state index in [9.17, 15) is 19.4 Å². The van der Waals surface area contributed by atoms with Crippen molar-refractivity contribution in [1.29, 1.82) is 5.26 Å². The summed E-state index contributed by atoms with van der Waals surface area (Å²) in [6.07, 6.45) is 0. The first kappa shape index (κ1) is 17.6. The highest BCUT2D eigenvalue weighted by Gasteiger charge is 2.18. The Bertz CT molecular complexity index is 1580. The lowest BCUT2D eigenvalue weighted by molar-refractivity contribution is 0.628. The van der Waals surface area contributed by atoms with Crippen molar-refractivity contribution in [3.05, 3.63) is 87.3 Å². The van der Waals surface area contributed by atoms with E-state index in [1.54, 1.807) is 42.5 Å². The van der Waals surface area contributed by atoms with Gasteiger partial charge in [-0.1, -0.05) is 6.07 Å². The van der Waals surface area contributed by atoms with Gasteiger partial charge in [-0.25, -0.2) is 4.39 Å². The topological polar surface area (TPSA) is 103 Å². The summed E-state index contributed by atoms with van der Waals surface area (Å²) in [7, 11) is 0. The van der Waals surface area contributed by atoms with Crippen LogP contribution in [0.5, 0.6) is 0 Å². The van der Waals surface area contributed by atoms with Crippen LogP contribution < -0.4 is 10.9 Å². The Labute approximate surface area is 168 Å². The molecular formula is C22H12FN5O2. The predicted octanol–water partition coefficient (Wildman–Crippen LogP) is 5.09. The van der Waals surface area contributed by atoms with Crippen molar-refractivity contribution < 1.29 is 4.39 Å². The summed E-state index contributed by atoms with van der Waals surface area (Å²) >= 11 is 0. The zero-order chi connectivity index (χ0) is 20.8. The number of aromatic nitrogens is 2. The first-order valence-corrected chi connectivity index (χ1v) is 9.00. The second-order valence-corrected chi connectivity index (χ2v) is 6.76. The van der Waals surface area contributed by atoms with E-state index in [2.05, 4.69) is 15.5 Å². The zero-order valence-corrected chi connectivity index (χ0v) is 15.3. The first-order chi connectivity index (χ1) is 14.6. The van der Waals surface area contributed by atoms with Crippen molar-refractivity contribution in [2.45, 2.75) is 0 Å². The number of halogens is 1. The Morgan fingerprint density at radius 2 is 1.87 bits per heavy atom. The van der Waals surface area contributed by atoms with E-state index in [0.717, 1.165) is 0 Å². The van der Waals surface area contributed by atoms with Crippen LogP contribution in [0.3, 0.4) is 0 Å². The van der Waals surface area contributed by atoms with Gasteiger partial charge in [0.1, 0.15) is 11.5 Å². The van der Waals surface area contributed by atoms with Gasteiger partial charge in [0.2, 0.25) is 0 Å². The molecule has 0 aliphatic rings. The van der Waals surface area contributed by atoms with E-state index in [1.807, 2.05) is 6.07 Å². The van der Waals surface area contributed by atoms with Gasteiger partial charge in [-0.05, 0) is 59.8 Å².